The maximum atomic E-state index is 12.7. The van der Waals surface area contributed by atoms with Crippen LogP contribution in [0.5, 0.6) is 5.75 Å². The van der Waals surface area contributed by atoms with E-state index in [1.54, 1.807) is 37.6 Å². The number of imidazole rings is 1. The van der Waals surface area contributed by atoms with E-state index < -0.39 is 0 Å². The fourth-order valence-electron chi connectivity index (χ4n) is 3.22. The molecule has 1 unspecified atom stereocenters. The summed E-state index contributed by atoms with van der Waals surface area (Å²) >= 11 is 0. The summed E-state index contributed by atoms with van der Waals surface area (Å²) in [6, 6.07) is 6.86. The Morgan fingerprint density at radius 3 is 2.69 bits per heavy atom. The Hall–Kier alpha value is -2.67. The lowest BCUT2D eigenvalue weighted by atomic mass is 10.0. The SMILES string of the molecule is COc1ccc(C(=O)CCC(=O)N2CCNCC2c2nccn2C)cc1. The Bertz CT molecular complexity index is 769. The third-order valence-electron chi connectivity index (χ3n) is 4.70. The standard InChI is InChI=1S/C19H24N4O3/c1-22-11-10-21-19(22)16-13-20-9-12-23(16)18(25)8-7-17(24)14-3-5-15(26-2)6-4-14/h3-6,10-11,16,20H,7-9,12-13H2,1-2H3. The molecule has 1 aliphatic heterocycles. The third kappa shape index (κ3) is 3.94. The van der Waals surface area contributed by atoms with Gasteiger partial charge in [-0.3, -0.25) is 9.59 Å². The highest BCUT2D eigenvalue weighted by Crippen LogP contribution is 2.22. The van der Waals surface area contributed by atoms with Gasteiger partial charge in [-0.05, 0) is 24.3 Å². The van der Waals surface area contributed by atoms with Crippen LogP contribution in [-0.2, 0) is 11.8 Å². The fourth-order valence-corrected chi connectivity index (χ4v) is 3.22. The van der Waals surface area contributed by atoms with Gasteiger partial charge in [0.25, 0.3) is 0 Å². The van der Waals surface area contributed by atoms with Gasteiger partial charge >= 0.3 is 0 Å². The van der Waals surface area contributed by atoms with Crippen molar-refractivity contribution >= 4 is 11.7 Å². The molecule has 2 heterocycles. The molecule has 1 aliphatic rings. The average Bonchev–Trinajstić information content (AvgIpc) is 3.11. The molecule has 7 nitrogen and oxygen atoms in total. The number of aromatic nitrogens is 2. The van der Waals surface area contributed by atoms with E-state index in [9.17, 15) is 9.59 Å². The summed E-state index contributed by atoms with van der Waals surface area (Å²) < 4.78 is 7.03. The van der Waals surface area contributed by atoms with Crippen LogP contribution in [0, 0.1) is 0 Å². The van der Waals surface area contributed by atoms with Crippen LogP contribution < -0.4 is 10.1 Å². The van der Waals surface area contributed by atoms with Crippen molar-refractivity contribution in [2.24, 2.45) is 7.05 Å². The van der Waals surface area contributed by atoms with E-state index in [1.807, 2.05) is 22.7 Å². The van der Waals surface area contributed by atoms with Gasteiger partial charge < -0.3 is 19.5 Å². The second-order valence-electron chi connectivity index (χ2n) is 6.36. The number of hydrogen-bond donors (Lipinski definition) is 1. The number of benzene rings is 1. The highest BCUT2D eigenvalue weighted by molar-refractivity contribution is 5.98. The molecule has 0 bridgehead atoms. The minimum Gasteiger partial charge on any atom is -0.497 e. The second kappa shape index (κ2) is 8.14. The van der Waals surface area contributed by atoms with E-state index in [0.717, 1.165) is 12.4 Å². The van der Waals surface area contributed by atoms with Crippen molar-refractivity contribution in [3.05, 3.63) is 48.0 Å². The molecular formula is C19H24N4O3. The van der Waals surface area contributed by atoms with Crippen molar-refractivity contribution in [1.29, 1.82) is 0 Å². The number of nitrogens with one attached hydrogen (secondary N) is 1. The molecule has 1 N–H and O–H groups in total. The number of carbonyl (C=O) groups excluding carboxylic acids is 2. The van der Waals surface area contributed by atoms with Crippen molar-refractivity contribution in [3.8, 4) is 5.75 Å². The number of hydrogen-bond acceptors (Lipinski definition) is 5. The largest absolute Gasteiger partial charge is 0.497 e. The van der Waals surface area contributed by atoms with Crippen LogP contribution in [0.25, 0.3) is 0 Å². The van der Waals surface area contributed by atoms with Crippen LogP contribution >= 0.6 is 0 Å². The number of amides is 1. The highest BCUT2D eigenvalue weighted by Gasteiger charge is 2.30. The molecule has 1 aromatic carbocycles. The first-order chi connectivity index (χ1) is 12.6. The molecule has 0 aliphatic carbocycles. The molecule has 3 rings (SSSR count). The van der Waals surface area contributed by atoms with Crippen LogP contribution in [0.3, 0.4) is 0 Å². The van der Waals surface area contributed by atoms with Gasteiger partial charge in [-0.15, -0.1) is 0 Å². The fraction of sp³-hybridized carbons (Fsp3) is 0.421. The first-order valence-corrected chi connectivity index (χ1v) is 8.75. The molecule has 1 fully saturated rings. The number of methoxy groups -OCH3 is 1. The smallest absolute Gasteiger partial charge is 0.223 e. The van der Waals surface area contributed by atoms with E-state index in [0.29, 0.717) is 24.4 Å². The van der Waals surface area contributed by atoms with Gasteiger partial charge in [0.1, 0.15) is 17.6 Å². The first-order valence-electron chi connectivity index (χ1n) is 8.75. The maximum absolute atomic E-state index is 12.7. The molecule has 1 amide bonds. The van der Waals surface area contributed by atoms with Gasteiger partial charge in [0.2, 0.25) is 5.91 Å². The summed E-state index contributed by atoms with van der Waals surface area (Å²) in [5.41, 5.74) is 0.597. The van der Waals surface area contributed by atoms with E-state index in [-0.39, 0.29) is 30.6 Å². The zero-order valence-electron chi connectivity index (χ0n) is 15.1. The molecule has 7 heteroatoms. The van der Waals surface area contributed by atoms with E-state index in [4.69, 9.17) is 4.74 Å². The van der Waals surface area contributed by atoms with E-state index >= 15 is 0 Å². The Kier molecular flexibility index (Phi) is 5.68. The van der Waals surface area contributed by atoms with E-state index in [1.165, 1.54) is 0 Å². The summed E-state index contributed by atoms with van der Waals surface area (Å²) in [5, 5.41) is 3.31. The number of rotatable bonds is 6. The Morgan fingerprint density at radius 2 is 2.04 bits per heavy atom. The van der Waals surface area contributed by atoms with Crippen molar-refractivity contribution < 1.29 is 14.3 Å². The van der Waals surface area contributed by atoms with Gasteiger partial charge in [-0.25, -0.2) is 4.98 Å². The quantitative estimate of drug-likeness (QED) is 0.795. The molecule has 0 radical (unpaired) electrons. The Balaban J connectivity index is 1.62. The minimum atomic E-state index is -0.104. The number of Topliss-reactive ketones (excluding diaryl/α,β-unsaturated/α-hetero) is 1. The molecule has 0 spiro atoms. The molecule has 26 heavy (non-hydrogen) atoms. The molecule has 0 saturated carbocycles. The predicted octanol–water partition coefficient (Wildman–Crippen LogP) is 1.56. The number of ketones is 1. The average molecular weight is 356 g/mol. The third-order valence-corrected chi connectivity index (χ3v) is 4.70. The van der Waals surface area contributed by atoms with Crippen LogP contribution in [0.1, 0.15) is 35.1 Å². The molecule has 1 aromatic heterocycles. The Morgan fingerprint density at radius 1 is 1.27 bits per heavy atom. The van der Waals surface area contributed by atoms with Gasteiger partial charge in [-0.1, -0.05) is 0 Å². The lowest BCUT2D eigenvalue weighted by molar-refractivity contribution is -0.134. The first kappa shape index (κ1) is 18.1. The molecule has 1 saturated heterocycles. The van der Waals surface area contributed by atoms with Crippen LogP contribution in [0.2, 0.25) is 0 Å². The van der Waals surface area contributed by atoms with Crippen LogP contribution in [0.15, 0.2) is 36.7 Å². The number of carbonyl (C=O) groups is 2. The monoisotopic (exact) mass is 356 g/mol. The van der Waals surface area contributed by atoms with Gasteiger partial charge in [-0.2, -0.15) is 0 Å². The zero-order valence-corrected chi connectivity index (χ0v) is 15.1. The maximum Gasteiger partial charge on any atom is 0.223 e. The lowest BCUT2D eigenvalue weighted by Crippen LogP contribution is -2.49. The van der Waals surface area contributed by atoms with Gasteiger partial charge in [0, 0.05) is 57.5 Å². The summed E-state index contributed by atoms with van der Waals surface area (Å²) in [4.78, 5) is 31.3. The van der Waals surface area contributed by atoms with Gasteiger partial charge in [0.15, 0.2) is 5.78 Å². The summed E-state index contributed by atoms with van der Waals surface area (Å²) in [6.45, 7) is 2.04. The minimum absolute atomic E-state index is 0.0126. The summed E-state index contributed by atoms with van der Waals surface area (Å²) in [6.07, 6.45) is 4.01. The topological polar surface area (TPSA) is 76.5 Å². The van der Waals surface area contributed by atoms with Crippen LogP contribution in [-0.4, -0.2) is 52.9 Å². The molecule has 1 atom stereocenters. The summed E-state index contributed by atoms with van der Waals surface area (Å²) in [5.74, 6) is 1.51. The number of piperazine rings is 1. The lowest BCUT2D eigenvalue weighted by Gasteiger charge is -2.35. The number of nitrogens with zero attached hydrogens (tertiary/aromatic N) is 3. The predicted molar refractivity (Wildman–Crippen MR) is 97.1 cm³/mol. The molecule has 2 aromatic rings. The molecular weight excluding hydrogens is 332 g/mol. The second-order valence-corrected chi connectivity index (χ2v) is 6.36. The van der Waals surface area contributed by atoms with Gasteiger partial charge in [0.05, 0.1) is 7.11 Å². The number of ether oxygens (including phenoxy) is 1. The highest BCUT2D eigenvalue weighted by atomic mass is 16.5. The van der Waals surface area contributed by atoms with E-state index in [2.05, 4.69) is 10.3 Å². The Labute approximate surface area is 153 Å². The molecule has 138 valence electrons. The zero-order chi connectivity index (χ0) is 18.5. The summed E-state index contributed by atoms with van der Waals surface area (Å²) in [7, 11) is 3.51. The number of aryl methyl sites for hydroxylation is 1. The van der Waals surface area contributed by atoms with Crippen LogP contribution in [0.4, 0.5) is 0 Å². The van der Waals surface area contributed by atoms with Crippen molar-refractivity contribution in [2.75, 3.05) is 26.7 Å². The van der Waals surface area contributed by atoms with Crippen molar-refractivity contribution in [1.82, 2.24) is 19.8 Å². The van der Waals surface area contributed by atoms with Crippen molar-refractivity contribution in [3.63, 3.8) is 0 Å². The normalized spacial score (nSPS) is 17.2. The van der Waals surface area contributed by atoms with Crippen molar-refractivity contribution in [2.45, 2.75) is 18.9 Å².